The van der Waals surface area contributed by atoms with Gasteiger partial charge in [-0.2, -0.15) is 0 Å². The number of carboxylic acids is 1. The van der Waals surface area contributed by atoms with Crippen LogP contribution >= 0.6 is 0 Å². The Balaban J connectivity index is 1.62. The number of rotatable bonds is 9. The predicted molar refractivity (Wildman–Crippen MR) is 135 cm³/mol. The van der Waals surface area contributed by atoms with Gasteiger partial charge in [0, 0.05) is 18.0 Å². The summed E-state index contributed by atoms with van der Waals surface area (Å²) in [4.78, 5) is 36.7. The van der Waals surface area contributed by atoms with Crippen molar-refractivity contribution in [1.82, 2.24) is 10.6 Å². The second-order valence-electron chi connectivity index (χ2n) is 11.1. The Kier molecular flexibility index (Phi) is 7.88. The molecule has 1 aliphatic rings. The molecule has 0 heterocycles. The summed E-state index contributed by atoms with van der Waals surface area (Å²) in [6.07, 6.45) is -0.254. The lowest BCUT2D eigenvalue weighted by Crippen LogP contribution is -2.50. The Morgan fingerprint density at radius 1 is 0.943 bits per heavy atom. The molecular formula is C28H36N2O5. The van der Waals surface area contributed by atoms with Gasteiger partial charge in [-0.15, -0.1) is 0 Å². The summed E-state index contributed by atoms with van der Waals surface area (Å²) in [5.41, 5.74) is 3.51. The molecular weight excluding hydrogens is 444 g/mol. The summed E-state index contributed by atoms with van der Waals surface area (Å²) >= 11 is 0. The van der Waals surface area contributed by atoms with Crippen LogP contribution in [0.3, 0.4) is 0 Å². The molecule has 0 spiro atoms. The minimum Gasteiger partial charge on any atom is -0.481 e. The van der Waals surface area contributed by atoms with Crippen LogP contribution in [0.4, 0.5) is 4.79 Å². The van der Waals surface area contributed by atoms with Gasteiger partial charge in [0.1, 0.15) is 6.61 Å². The maximum absolute atomic E-state index is 13.0. The van der Waals surface area contributed by atoms with Crippen LogP contribution in [0.2, 0.25) is 0 Å². The molecule has 2 aromatic rings. The van der Waals surface area contributed by atoms with E-state index in [1.165, 1.54) is 0 Å². The molecule has 7 nitrogen and oxygen atoms in total. The van der Waals surface area contributed by atoms with E-state index in [-0.39, 0.29) is 36.8 Å². The topological polar surface area (TPSA) is 105 Å². The van der Waals surface area contributed by atoms with Gasteiger partial charge in [0.15, 0.2) is 0 Å². The van der Waals surface area contributed by atoms with Crippen molar-refractivity contribution in [2.45, 2.75) is 58.9 Å². The fourth-order valence-electron chi connectivity index (χ4n) is 4.71. The number of benzene rings is 2. The zero-order valence-corrected chi connectivity index (χ0v) is 21.2. The first-order valence-corrected chi connectivity index (χ1v) is 12.0. The highest BCUT2D eigenvalue weighted by atomic mass is 16.5. The Morgan fingerprint density at radius 3 is 2.00 bits per heavy atom. The van der Waals surface area contributed by atoms with Crippen LogP contribution < -0.4 is 10.6 Å². The summed E-state index contributed by atoms with van der Waals surface area (Å²) in [7, 11) is 0. The summed E-state index contributed by atoms with van der Waals surface area (Å²) in [6.45, 7) is 9.69. The lowest BCUT2D eigenvalue weighted by molar-refractivity contribution is -0.139. The number of hydrogen-bond acceptors (Lipinski definition) is 4. The minimum absolute atomic E-state index is 0.0429. The van der Waals surface area contributed by atoms with E-state index < -0.39 is 23.5 Å². The second-order valence-corrected chi connectivity index (χ2v) is 11.1. The fourth-order valence-corrected chi connectivity index (χ4v) is 4.71. The first-order chi connectivity index (χ1) is 16.4. The number of carbonyl (C=O) groups excluding carboxylic acids is 2. The van der Waals surface area contributed by atoms with E-state index in [1.54, 1.807) is 13.8 Å². The van der Waals surface area contributed by atoms with Gasteiger partial charge >= 0.3 is 12.1 Å². The van der Waals surface area contributed by atoms with Crippen molar-refractivity contribution >= 4 is 18.0 Å². The van der Waals surface area contributed by atoms with Gasteiger partial charge in [0.05, 0.1) is 12.3 Å². The molecule has 0 bridgehead atoms. The molecule has 0 fully saturated rings. The normalized spacial score (nSPS) is 14.0. The van der Waals surface area contributed by atoms with E-state index in [4.69, 9.17) is 9.84 Å². The van der Waals surface area contributed by atoms with E-state index in [9.17, 15) is 14.4 Å². The maximum Gasteiger partial charge on any atom is 0.407 e. The van der Waals surface area contributed by atoms with Crippen LogP contribution in [-0.4, -0.2) is 41.8 Å². The van der Waals surface area contributed by atoms with Crippen molar-refractivity contribution < 1.29 is 24.2 Å². The quantitative estimate of drug-likeness (QED) is 0.471. The molecule has 35 heavy (non-hydrogen) atoms. The van der Waals surface area contributed by atoms with Gasteiger partial charge in [0.2, 0.25) is 5.91 Å². The van der Waals surface area contributed by atoms with Gasteiger partial charge in [-0.05, 0) is 47.9 Å². The number of alkyl carbamates (subject to hydrolysis) is 1. The van der Waals surface area contributed by atoms with Crippen molar-refractivity contribution in [3.8, 4) is 11.1 Å². The maximum atomic E-state index is 13.0. The van der Waals surface area contributed by atoms with Gasteiger partial charge < -0.3 is 20.5 Å². The Morgan fingerprint density at radius 2 is 1.49 bits per heavy atom. The molecule has 3 rings (SSSR count). The van der Waals surface area contributed by atoms with Gasteiger partial charge in [-0.1, -0.05) is 69.3 Å². The Bertz CT molecular complexity index is 1040. The number of fused-ring (bicyclic) bond motifs is 3. The number of carboxylic acid groups (broad SMARTS) is 1. The first-order valence-electron chi connectivity index (χ1n) is 12.0. The Labute approximate surface area is 207 Å². The molecule has 1 atom stereocenters. The van der Waals surface area contributed by atoms with E-state index >= 15 is 0 Å². The van der Waals surface area contributed by atoms with Crippen molar-refractivity contribution in [3.63, 3.8) is 0 Å². The second kappa shape index (κ2) is 10.5. The predicted octanol–water partition coefficient (Wildman–Crippen LogP) is 4.95. The van der Waals surface area contributed by atoms with Crippen LogP contribution in [0, 0.1) is 11.3 Å². The minimum atomic E-state index is -0.987. The molecule has 2 amide bonds. The van der Waals surface area contributed by atoms with E-state index in [1.807, 2.05) is 45.0 Å². The SMILES string of the molecule is CC(C)(C)CC(CNC(=O)OCC1c2ccccc2-c2ccccc21)C(=O)NC(C)(C)CC(=O)O. The molecule has 3 N–H and O–H groups in total. The van der Waals surface area contributed by atoms with E-state index in [0.717, 1.165) is 22.3 Å². The van der Waals surface area contributed by atoms with Crippen LogP contribution in [0.5, 0.6) is 0 Å². The number of carbonyl (C=O) groups is 3. The molecule has 1 aliphatic carbocycles. The first kappa shape index (κ1) is 26.3. The number of hydrogen-bond donors (Lipinski definition) is 3. The molecule has 0 saturated heterocycles. The van der Waals surface area contributed by atoms with Crippen molar-refractivity contribution in [3.05, 3.63) is 59.7 Å². The average molecular weight is 481 g/mol. The van der Waals surface area contributed by atoms with E-state index in [0.29, 0.717) is 6.42 Å². The molecule has 1 unspecified atom stereocenters. The van der Waals surface area contributed by atoms with Crippen molar-refractivity contribution in [2.75, 3.05) is 13.2 Å². The standard InChI is InChI=1S/C28H36N2O5/c1-27(2,3)14-18(25(33)30-28(4,5)15-24(31)32)16-29-26(34)35-17-23-21-12-8-6-10-19(21)20-11-7-9-13-22(20)23/h6-13,18,23H,14-17H2,1-5H3,(H,29,34)(H,30,33)(H,31,32). The molecule has 188 valence electrons. The van der Waals surface area contributed by atoms with Crippen LogP contribution in [0.15, 0.2) is 48.5 Å². The molecule has 0 radical (unpaired) electrons. The van der Waals surface area contributed by atoms with E-state index in [2.05, 4.69) is 34.9 Å². The lowest BCUT2D eigenvalue weighted by atomic mass is 9.83. The monoisotopic (exact) mass is 480 g/mol. The summed E-state index contributed by atoms with van der Waals surface area (Å²) < 4.78 is 5.59. The largest absolute Gasteiger partial charge is 0.481 e. The number of ether oxygens (including phenoxy) is 1. The summed E-state index contributed by atoms with van der Waals surface area (Å²) in [6, 6.07) is 16.3. The molecule has 0 saturated carbocycles. The van der Waals surface area contributed by atoms with Crippen molar-refractivity contribution in [2.24, 2.45) is 11.3 Å². The van der Waals surface area contributed by atoms with Crippen LogP contribution in [0.25, 0.3) is 11.1 Å². The third-order valence-corrected chi connectivity index (χ3v) is 6.12. The van der Waals surface area contributed by atoms with Gasteiger partial charge in [0.25, 0.3) is 0 Å². The molecule has 0 aliphatic heterocycles. The van der Waals surface area contributed by atoms with Gasteiger partial charge in [-0.3, -0.25) is 9.59 Å². The summed E-state index contributed by atoms with van der Waals surface area (Å²) in [5.74, 6) is -1.84. The number of nitrogens with one attached hydrogen (secondary N) is 2. The van der Waals surface area contributed by atoms with Crippen molar-refractivity contribution in [1.29, 1.82) is 0 Å². The van der Waals surface area contributed by atoms with Gasteiger partial charge in [-0.25, -0.2) is 4.79 Å². The van der Waals surface area contributed by atoms with Crippen LogP contribution in [0.1, 0.15) is 64.5 Å². The highest BCUT2D eigenvalue weighted by molar-refractivity contribution is 5.81. The fraction of sp³-hybridized carbons (Fsp3) is 0.464. The Hall–Kier alpha value is -3.35. The third-order valence-electron chi connectivity index (χ3n) is 6.12. The third kappa shape index (κ3) is 7.07. The number of amides is 2. The molecule has 7 heteroatoms. The highest BCUT2D eigenvalue weighted by Crippen LogP contribution is 2.44. The lowest BCUT2D eigenvalue weighted by Gasteiger charge is -2.30. The zero-order chi connectivity index (χ0) is 25.8. The molecule has 0 aromatic heterocycles. The molecule has 2 aromatic carbocycles. The van der Waals surface area contributed by atoms with Crippen LogP contribution in [-0.2, 0) is 14.3 Å². The average Bonchev–Trinajstić information content (AvgIpc) is 3.07. The number of aliphatic carboxylic acids is 1. The smallest absolute Gasteiger partial charge is 0.407 e. The summed E-state index contributed by atoms with van der Waals surface area (Å²) in [5, 5.41) is 14.7. The zero-order valence-electron chi connectivity index (χ0n) is 21.2. The highest BCUT2D eigenvalue weighted by Gasteiger charge is 2.32.